The fourth-order valence-corrected chi connectivity index (χ4v) is 3.14. The summed E-state index contributed by atoms with van der Waals surface area (Å²) in [5.74, 6) is 0.209. The van der Waals surface area contributed by atoms with Gasteiger partial charge < -0.3 is 15.4 Å². The largest absolute Gasteiger partial charge is 0.372 e. The molecular weight excluding hydrogens is 328 g/mol. The molecule has 3 heterocycles. The maximum absolute atomic E-state index is 11.3. The minimum absolute atomic E-state index is 0.0540. The number of anilines is 1. The Balaban J connectivity index is 1.56. The highest BCUT2D eigenvalue weighted by Gasteiger charge is 2.23. The van der Waals surface area contributed by atoms with Crippen LogP contribution in [0.3, 0.4) is 0 Å². The zero-order valence-electron chi connectivity index (χ0n) is 12.4. The lowest BCUT2D eigenvalue weighted by Crippen LogP contribution is -2.02. The Morgan fingerprint density at radius 2 is 2.12 bits per heavy atom. The molecule has 1 N–H and O–H groups in total. The highest BCUT2D eigenvalue weighted by molar-refractivity contribution is 7.15. The number of rotatable bonds is 5. The van der Waals surface area contributed by atoms with Gasteiger partial charge in [0.2, 0.25) is 5.82 Å². The Kier molecular flexibility index (Phi) is 3.47. The first-order valence-corrected chi connectivity index (χ1v) is 8.03. The van der Waals surface area contributed by atoms with Gasteiger partial charge in [-0.15, -0.1) is 0 Å². The summed E-state index contributed by atoms with van der Waals surface area (Å²) in [6.07, 6.45) is 5.25. The Bertz CT molecular complexity index is 1000. The molecule has 0 bridgehead atoms. The van der Waals surface area contributed by atoms with E-state index in [1.165, 1.54) is 15.7 Å². The highest BCUT2D eigenvalue weighted by Crippen LogP contribution is 2.28. The molecule has 0 radical (unpaired) electrons. The van der Waals surface area contributed by atoms with Gasteiger partial charge in [-0.2, -0.15) is 14.5 Å². The van der Waals surface area contributed by atoms with Crippen molar-refractivity contribution >= 4 is 27.9 Å². The van der Waals surface area contributed by atoms with Gasteiger partial charge in [-0.3, -0.25) is 0 Å². The molecule has 0 aliphatic heterocycles. The van der Waals surface area contributed by atoms with Crippen LogP contribution in [0.2, 0.25) is 0 Å². The van der Waals surface area contributed by atoms with Gasteiger partial charge in [0.05, 0.1) is 11.9 Å². The summed E-state index contributed by atoms with van der Waals surface area (Å²) in [4.78, 5) is 15.7. The van der Waals surface area contributed by atoms with Crippen LogP contribution in [-0.4, -0.2) is 24.1 Å². The van der Waals surface area contributed by atoms with Crippen LogP contribution in [0.15, 0.2) is 54.3 Å². The summed E-state index contributed by atoms with van der Waals surface area (Å²) < 4.78 is 3.23. The Morgan fingerprint density at radius 3 is 2.92 bits per heavy atom. The topological polar surface area (TPSA) is 90.3 Å². The summed E-state index contributed by atoms with van der Waals surface area (Å²) in [5.41, 5.74) is 1.86. The molecule has 9 heteroatoms. The number of nitrogens with zero attached hydrogens (tertiary/aromatic N) is 5. The lowest BCUT2D eigenvalue weighted by atomic mass is 10.3. The molecule has 1 aromatic carbocycles. The van der Waals surface area contributed by atoms with Crippen LogP contribution in [0.4, 0.5) is 11.6 Å². The van der Waals surface area contributed by atoms with Crippen molar-refractivity contribution in [2.45, 2.75) is 6.54 Å². The predicted molar refractivity (Wildman–Crippen MR) is 90.6 cm³/mol. The van der Waals surface area contributed by atoms with E-state index < -0.39 is 4.92 Å². The van der Waals surface area contributed by atoms with Gasteiger partial charge in [0.1, 0.15) is 6.20 Å². The average molecular weight is 340 g/mol. The van der Waals surface area contributed by atoms with Crippen molar-refractivity contribution in [1.82, 2.24) is 19.2 Å². The number of fused-ring (bicyclic) bond motifs is 1. The fourth-order valence-electron chi connectivity index (χ4n) is 2.43. The maximum atomic E-state index is 11.3. The zero-order valence-corrected chi connectivity index (χ0v) is 13.2. The third kappa shape index (κ3) is 2.50. The van der Waals surface area contributed by atoms with Crippen molar-refractivity contribution in [3.8, 4) is 5.69 Å². The van der Waals surface area contributed by atoms with Crippen molar-refractivity contribution in [2.75, 3.05) is 5.32 Å². The molecule has 0 aliphatic carbocycles. The van der Waals surface area contributed by atoms with E-state index in [2.05, 4.69) is 15.4 Å². The number of aromatic nitrogens is 4. The second kappa shape index (κ2) is 5.78. The third-order valence-corrected chi connectivity index (χ3v) is 4.28. The molecule has 0 saturated carbocycles. The summed E-state index contributed by atoms with van der Waals surface area (Å²) in [6, 6.07) is 9.74. The van der Waals surface area contributed by atoms with Gasteiger partial charge in [-0.05, 0) is 17.1 Å². The van der Waals surface area contributed by atoms with E-state index in [-0.39, 0.29) is 11.6 Å². The second-order valence-electron chi connectivity index (χ2n) is 5.08. The van der Waals surface area contributed by atoms with Gasteiger partial charge in [-0.1, -0.05) is 29.5 Å². The van der Waals surface area contributed by atoms with Crippen molar-refractivity contribution in [3.05, 3.63) is 70.0 Å². The molecule has 0 unspecified atom stereocenters. The number of nitrogens with one attached hydrogen (secondary N) is 1. The van der Waals surface area contributed by atoms with Crippen molar-refractivity contribution in [2.24, 2.45) is 0 Å². The van der Waals surface area contributed by atoms with E-state index in [1.807, 2.05) is 36.5 Å². The first kappa shape index (κ1) is 14.4. The van der Waals surface area contributed by atoms with E-state index >= 15 is 0 Å². The van der Waals surface area contributed by atoms with Gasteiger partial charge >= 0.3 is 5.82 Å². The van der Waals surface area contributed by atoms with Crippen LogP contribution in [0.1, 0.15) is 5.56 Å². The van der Waals surface area contributed by atoms with Gasteiger partial charge in [0.25, 0.3) is 4.96 Å². The number of hydrogen-bond acceptors (Lipinski definition) is 6. The maximum Gasteiger partial charge on any atom is 0.372 e. The second-order valence-corrected chi connectivity index (χ2v) is 5.95. The third-order valence-electron chi connectivity index (χ3n) is 3.53. The Morgan fingerprint density at radius 1 is 1.29 bits per heavy atom. The average Bonchev–Trinajstić information content (AvgIpc) is 3.28. The minimum Gasteiger partial charge on any atom is -0.359 e. The van der Waals surface area contributed by atoms with Crippen LogP contribution in [0.5, 0.6) is 0 Å². The summed E-state index contributed by atoms with van der Waals surface area (Å²) in [7, 11) is 0. The molecule has 4 aromatic rings. The SMILES string of the molecule is O=[N+]([O-])c1c(NCc2cnn(-c3ccccc3)c2)nc2sccn12. The number of nitro groups is 1. The Labute approximate surface area is 140 Å². The standard InChI is InChI=1S/C15H12N6O2S/c22-21(23)14-13(18-15-19(14)6-7-24-15)16-8-11-9-17-20(10-11)12-4-2-1-3-5-12/h1-7,9-10,16H,8H2. The molecule has 8 nitrogen and oxygen atoms in total. The van der Waals surface area contributed by atoms with Crippen LogP contribution in [0.25, 0.3) is 10.6 Å². The number of benzene rings is 1. The normalized spacial score (nSPS) is 11.0. The summed E-state index contributed by atoms with van der Waals surface area (Å²) in [5, 5.41) is 20.4. The van der Waals surface area contributed by atoms with E-state index in [0.29, 0.717) is 11.5 Å². The van der Waals surface area contributed by atoms with Crippen LogP contribution in [0, 0.1) is 10.1 Å². The molecular formula is C15H12N6O2S. The van der Waals surface area contributed by atoms with Gasteiger partial charge in [0, 0.05) is 23.7 Å². The number of imidazole rings is 1. The van der Waals surface area contributed by atoms with E-state index in [1.54, 1.807) is 22.5 Å². The lowest BCUT2D eigenvalue weighted by Gasteiger charge is -2.01. The first-order valence-electron chi connectivity index (χ1n) is 7.15. The molecule has 0 atom stereocenters. The Hall–Kier alpha value is -3.20. The molecule has 3 aromatic heterocycles. The smallest absolute Gasteiger partial charge is 0.359 e. The lowest BCUT2D eigenvalue weighted by molar-refractivity contribution is -0.389. The first-order chi connectivity index (χ1) is 11.7. The van der Waals surface area contributed by atoms with Crippen LogP contribution >= 0.6 is 11.3 Å². The number of thiazole rings is 1. The molecule has 0 fully saturated rings. The van der Waals surface area contributed by atoms with Crippen molar-refractivity contribution in [1.29, 1.82) is 0 Å². The molecule has 4 rings (SSSR count). The molecule has 0 aliphatic rings. The monoisotopic (exact) mass is 340 g/mol. The van der Waals surface area contributed by atoms with E-state index in [9.17, 15) is 10.1 Å². The van der Waals surface area contributed by atoms with Crippen LogP contribution in [-0.2, 0) is 6.54 Å². The van der Waals surface area contributed by atoms with Crippen molar-refractivity contribution < 1.29 is 4.92 Å². The minimum atomic E-state index is -0.428. The summed E-state index contributed by atoms with van der Waals surface area (Å²) >= 11 is 1.35. The van der Waals surface area contributed by atoms with Crippen molar-refractivity contribution in [3.63, 3.8) is 0 Å². The van der Waals surface area contributed by atoms with Gasteiger partial charge in [-0.25, -0.2) is 4.68 Å². The number of para-hydroxylation sites is 1. The van der Waals surface area contributed by atoms with Crippen LogP contribution < -0.4 is 5.32 Å². The molecule has 120 valence electrons. The fraction of sp³-hybridized carbons (Fsp3) is 0.0667. The van der Waals surface area contributed by atoms with E-state index in [4.69, 9.17) is 0 Å². The molecule has 0 amide bonds. The van der Waals surface area contributed by atoms with E-state index in [0.717, 1.165) is 11.3 Å². The molecule has 0 spiro atoms. The zero-order chi connectivity index (χ0) is 16.5. The van der Waals surface area contributed by atoms with Gasteiger partial charge in [0.15, 0.2) is 0 Å². The summed E-state index contributed by atoms with van der Waals surface area (Å²) in [6.45, 7) is 0.401. The molecule has 24 heavy (non-hydrogen) atoms. The highest BCUT2D eigenvalue weighted by atomic mass is 32.1. The number of hydrogen-bond donors (Lipinski definition) is 1. The predicted octanol–water partition coefficient (Wildman–Crippen LogP) is 3.10. The quantitative estimate of drug-likeness (QED) is 0.445. The molecule has 0 saturated heterocycles.